The van der Waals surface area contributed by atoms with Crippen molar-refractivity contribution in [3.05, 3.63) is 58.1 Å². The zero-order chi connectivity index (χ0) is 17.8. The van der Waals surface area contributed by atoms with Crippen molar-refractivity contribution in [1.29, 1.82) is 0 Å². The van der Waals surface area contributed by atoms with Crippen LogP contribution >= 0.6 is 23.2 Å². The Labute approximate surface area is 159 Å². The first-order chi connectivity index (χ1) is 12.1. The molecule has 1 fully saturated rings. The molecule has 3 atom stereocenters. The summed E-state index contributed by atoms with van der Waals surface area (Å²) in [5.41, 5.74) is 0.892. The van der Waals surface area contributed by atoms with Crippen LogP contribution in [0.25, 0.3) is 0 Å². The van der Waals surface area contributed by atoms with E-state index in [9.17, 15) is 4.79 Å². The van der Waals surface area contributed by atoms with E-state index in [-0.39, 0.29) is 5.91 Å². The first-order valence-electron chi connectivity index (χ1n) is 8.68. The molecule has 1 heterocycles. The molecule has 0 aromatic heterocycles. The number of amides is 1. The van der Waals surface area contributed by atoms with E-state index in [1.807, 2.05) is 41.3 Å². The molecule has 2 aliphatic rings. The highest BCUT2D eigenvalue weighted by Gasteiger charge is 2.33. The van der Waals surface area contributed by atoms with Crippen molar-refractivity contribution in [2.24, 2.45) is 11.8 Å². The molecule has 0 N–H and O–H groups in total. The lowest BCUT2D eigenvalue weighted by molar-refractivity contribution is -0.144. The van der Waals surface area contributed by atoms with Gasteiger partial charge in [0.05, 0.1) is 0 Å². The van der Waals surface area contributed by atoms with Gasteiger partial charge in [0.2, 0.25) is 0 Å². The van der Waals surface area contributed by atoms with Gasteiger partial charge in [-0.2, -0.15) is 0 Å². The maximum Gasteiger partial charge on any atom is 0.256 e. The summed E-state index contributed by atoms with van der Waals surface area (Å²) in [5.74, 6) is 0.700. The Kier molecular flexibility index (Phi) is 6.21. The molecule has 1 amide bonds. The number of piperidine rings is 1. The van der Waals surface area contributed by atoms with Gasteiger partial charge < -0.3 is 9.64 Å². The minimum absolute atomic E-state index is 0.0333. The normalized spacial score (nSPS) is 25.2. The van der Waals surface area contributed by atoms with Gasteiger partial charge in [0.1, 0.15) is 0 Å². The van der Waals surface area contributed by atoms with Crippen molar-refractivity contribution in [1.82, 2.24) is 4.90 Å². The van der Waals surface area contributed by atoms with Gasteiger partial charge in [0, 0.05) is 30.3 Å². The summed E-state index contributed by atoms with van der Waals surface area (Å²) in [4.78, 5) is 14.9. The van der Waals surface area contributed by atoms with Crippen LogP contribution in [-0.4, -0.2) is 31.0 Å². The van der Waals surface area contributed by atoms with E-state index in [4.69, 9.17) is 27.9 Å². The molecule has 25 heavy (non-hydrogen) atoms. The number of likely N-dealkylation sites (tertiary alicyclic amines) is 1. The van der Waals surface area contributed by atoms with Gasteiger partial charge in [-0.25, -0.2) is 0 Å². The standard InChI is InChI=1S/C20H23Cl2NO2/c1-25-19(14-6-3-2-4-7-14)20(24)23-9-5-8-15(13-23)16-10-17(21)12-18(22)11-16/h2-4,6-7,10,12,15-16,19H,5,8-9,11,13H2,1H3/t15?,16-,19-/m1/s1. The highest BCUT2D eigenvalue weighted by molar-refractivity contribution is 6.34. The average molecular weight is 380 g/mol. The second-order valence-electron chi connectivity index (χ2n) is 6.72. The highest BCUT2D eigenvalue weighted by Crippen LogP contribution is 2.36. The van der Waals surface area contributed by atoms with Crippen molar-refractivity contribution in [3.63, 3.8) is 0 Å². The molecule has 1 aromatic carbocycles. The van der Waals surface area contributed by atoms with Crippen LogP contribution in [0.1, 0.15) is 30.9 Å². The summed E-state index contributed by atoms with van der Waals surface area (Å²) in [6.45, 7) is 1.50. The number of carbonyl (C=O) groups is 1. The van der Waals surface area contributed by atoms with Crippen LogP contribution in [0.4, 0.5) is 0 Å². The number of allylic oxidation sites excluding steroid dienone is 4. The van der Waals surface area contributed by atoms with Gasteiger partial charge in [-0.3, -0.25) is 4.79 Å². The maximum atomic E-state index is 13.0. The van der Waals surface area contributed by atoms with E-state index < -0.39 is 6.10 Å². The Hall–Kier alpha value is -1.29. The zero-order valence-electron chi connectivity index (χ0n) is 14.3. The SMILES string of the molecule is CO[C@@H](C(=O)N1CCCC([C@@H]2C=C(Cl)C=C(Cl)C2)C1)c1ccccc1. The number of hydrogen-bond donors (Lipinski definition) is 0. The summed E-state index contributed by atoms with van der Waals surface area (Å²) >= 11 is 12.4. The van der Waals surface area contributed by atoms with E-state index in [0.717, 1.165) is 42.9 Å². The molecule has 3 rings (SSSR count). The van der Waals surface area contributed by atoms with Gasteiger partial charge >= 0.3 is 0 Å². The molecule has 5 heteroatoms. The Morgan fingerprint density at radius 1 is 1.28 bits per heavy atom. The third-order valence-corrected chi connectivity index (χ3v) is 5.53. The first-order valence-corrected chi connectivity index (χ1v) is 9.44. The van der Waals surface area contributed by atoms with Crippen molar-refractivity contribution in [3.8, 4) is 0 Å². The maximum absolute atomic E-state index is 13.0. The molecule has 1 unspecified atom stereocenters. The lowest BCUT2D eigenvalue weighted by Crippen LogP contribution is -2.44. The van der Waals surface area contributed by atoms with Crippen LogP contribution in [0.15, 0.2) is 52.5 Å². The summed E-state index contributed by atoms with van der Waals surface area (Å²) in [7, 11) is 1.59. The van der Waals surface area contributed by atoms with Crippen molar-refractivity contribution < 1.29 is 9.53 Å². The van der Waals surface area contributed by atoms with Crippen molar-refractivity contribution in [2.45, 2.75) is 25.4 Å². The van der Waals surface area contributed by atoms with Crippen molar-refractivity contribution in [2.75, 3.05) is 20.2 Å². The summed E-state index contributed by atoms with van der Waals surface area (Å²) in [6, 6.07) is 9.66. The number of hydrogen-bond acceptors (Lipinski definition) is 2. The number of ether oxygens (including phenoxy) is 1. The molecular formula is C20H23Cl2NO2. The molecule has 1 saturated heterocycles. The van der Waals surface area contributed by atoms with E-state index in [2.05, 4.69) is 6.08 Å². The quantitative estimate of drug-likeness (QED) is 0.745. The molecule has 0 bridgehead atoms. The van der Waals surface area contributed by atoms with Crippen LogP contribution < -0.4 is 0 Å². The van der Waals surface area contributed by atoms with E-state index in [1.54, 1.807) is 7.11 Å². The Bertz CT molecular complexity index is 672. The van der Waals surface area contributed by atoms with E-state index in [0.29, 0.717) is 16.9 Å². The molecule has 1 aliphatic heterocycles. The Morgan fingerprint density at radius 3 is 2.72 bits per heavy atom. The zero-order valence-corrected chi connectivity index (χ0v) is 15.8. The van der Waals surface area contributed by atoms with Crippen LogP contribution in [0.3, 0.4) is 0 Å². The molecule has 1 aliphatic carbocycles. The lowest BCUT2D eigenvalue weighted by Gasteiger charge is -2.38. The topological polar surface area (TPSA) is 29.5 Å². The molecule has 0 spiro atoms. The van der Waals surface area contributed by atoms with Gasteiger partial charge in [-0.05, 0) is 42.7 Å². The monoisotopic (exact) mass is 379 g/mol. The number of rotatable bonds is 4. The summed E-state index contributed by atoms with van der Waals surface area (Å²) in [6.07, 6.45) is 6.22. The number of nitrogens with zero attached hydrogens (tertiary/aromatic N) is 1. The van der Waals surface area contributed by atoms with Crippen LogP contribution in [0.2, 0.25) is 0 Å². The molecule has 3 nitrogen and oxygen atoms in total. The van der Waals surface area contributed by atoms with Crippen LogP contribution in [-0.2, 0) is 9.53 Å². The van der Waals surface area contributed by atoms with Crippen LogP contribution in [0.5, 0.6) is 0 Å². The smallest absolute Gasteiger partial charge is 0.256 e. The third kappa shape index (κ3) is 4.46. The molecular weight excluding hydrogens is 357 g/mol. The van der Waals surface area contributed by atoms with E-state index >= 15 is 0 Å². The average Bonchev–Trinajstić information content (AvgIpc) is 2.62. The number of halogens is 2. The summed E-state index contributed by atoms with van der Waals surface area (Å²) in [5, 5.41) is 1.49. The third-order valence-electron chi connectivity index (χ3n) is 5.04. The minimum Gasteiger partial charge on any atom is -0.367 e. The van der Waals surface area contributed by atoms with Gasteiger partial charge in [0.25, 0.3) is 5.91 Å². The number of methoxy groups -OCH3 is 1. The largest absolute Gasteiger partial charge is 0.367 e. The molecule has 134 valence electrons. The second kappa shape index (κ2) is 8.39. The van der Waals surface area contributed by atoms with Crippen molar-refractivity contribution >= 4 is 29.1 Å². The number of carbonyl (C=O) groups excluding carboxylic acids is 1. The fourth-order valence-electron chi connectivity index (χ4n) is 3.78. The fourth-order valence-corrected chi connectivity index (χ4v) is 4.43. The minimum atomic E-state index is -0.547. The fraction of sp³-hybridized carbons (Fsp3) is 0.450. The van der Waals surface area contributed by atoms with Gasteiger partial charge in [0.15, 0.2) is 6.10 Å². The predicted molar refractivity (Wildman–Crippen MR) is 101 cm³/mol. The lowest BCUT2D eigenvalue weighted by atomic mass is 9.81. The van der Waals surface area contributed by atoms with E-state index in [1.165, 1.54) is 0 Å². The van der Waals surface area contributed by atoms with Crippen LogP contribution in [0, 0.1) is 11.8 Å². The first kappa shape index (κ1) is 18.5. The summed E-state index contributed by atoms with van der Waals surface area (Å²) < 4.78 is 5.51. The Morgan fingerprint density at radius 2 is 2.04 bits per heavy atom. The van der Waals surface area contributed by atoms with Gasteiger partial charge in [-0.1, -0.05) is 59.6 Å². The molecule has 1 aromatic rings. The number of benzene rings is 1. The second-order valence-corrected chi connectivity index (χ2v) is 7.65. The van der Waals surface area contributed by atoms with Gasteiger partial charge in [-0.15, -0.1) is 0 Å². The Balaban J connectivity index is 1.70. The highest BCUT2D eigenvalue weighted by atomic mass is 35.5. The predicted octanol–water partition coefficient (Wildman–Crippen LogP) is 4.88. The molecule has 0 saturated carbocycles. The molecule has 0 radical (unpaired) electrons.